The average Bonchev–Trinajstić information content (AvgIpc) is 3.57. The van der Waals surface area contributed by atoms with Gasteiger partial charge in [-0.15, -0.1) is 0 Å². The Hall–Kier alpha value is -2.13. The van der Waals surface area contributed by atoms with Gasteiger partial charge in [-0.3, -0.25) is 14.4 Å². The summed E-state index contributed by atoms with van der Waals surface area (Å²) in [7, 11) is 0. The van der Waals surface area contributed by atoms with Crippen LogP contribution in [0.4, 0.5) is 5.69 Å². The van der Waals surface area contributed by atoms with E-state index < -0.39 is 29.6 Å². The monoisotopic (exact) mass is 618 g/mol. The Labute approximate surface area is 259 Å². The normalized spacial score (nSPS) is 33.4. The number of carbonyl (C=O) groups excluding carboxylic acids is 3. The van der Waals surface area contributed by atoms with Crippen molar-refractivity contribution in [3.63, 3.8) is 0 Å². The van der Waals surface area contributed by atoms with Gasteiger partial charge in [0, 0.05) is 34.9 Å². The topological polar surface area (TPSA) is 91.0 Å². The molecule has 230 valence electrons. The van der Waals surface area contributed by atoms with Gasteiger partial charge in [0.2, 0.25) is 17.7 Å². The summed E-state index contributed by atoms with van der Waals surface area (Å²) in [4.78, 5) is 46.3. The first-order valence-corrected chi connectivity index (χ1v) is 16.3. The molecule has 1 aromatic rings. The van der Waals surface area contributed by atoms with E-state index in [2.05, 4.69) is 43.2 Å². The minimum absolute atomic E-state index is 0.0413. The molecule has 1 aliphatic carbocycles. The van der Waals surface area contributed by atoms with Gasteiger partial charge in [-0.1, -0.05) is 75.9 Å². The summed E-state index contributed by atoms with van der Waals surface area (Å²) >= 11 is 12.3. The number of halogens is 2. The number of benzene rings is 1. The number of nitrogens with zero attached hydrogens (tertiary/aromatic N) is 2. The first kappa shape index (κ1) is 31.3. The number of rotatable bonds is 11. The summed E-state index contributed by atoms with van der Waals surface area (Å²) in [6.07, 6.45) is 8.26. The van der Waals surface area contributed by atoms with Crippen LogP contribution in [0.25, 0.3) is 0 Å². The van der Waals surface area contributed by atoms with Crippen molar-refractivity contribution in [1.82, 2.24) is 15.1 Å². The molecule has 3 amide bonds. The number of hydrogen-bond donors (Lipinski definition) is 2. The van der Waals surface area contributed by atoms with Crippen LogP contribution < -0.4 is 10.6 Å². The molecule has 5 rings (SSSR count). The summed E-state index contributed by atoms with van der Waals surface area (Å²) in [5.41, 5.74) is -0.742. The zero-order chi connectivity index (χ0) is 30.2. The number of anilines is 1. The summed E-state index contributed by atoms with van der Waals surface area (Å²) in [6.45, 7) is 11.6. The Kier molecular flexibility index (Phi) is 9.57. The maximum Gasteiger partial charge on any atom is 0.246 e. The van der Waals surface area contributed by atoms with Crippen LogP contribution in [0.1, 0.15) is 59.8 Å². The molecular weight excluding hydrogens is 575 g/mol. The molecule has 1 aromatic carbocycles. The van der Waals surface area contributed by atoms with E-state index in [1.165, 1.54) is 0 Å². The third-order valence-corrected chi connectivity index (χ3v) is 10.3. The zero-order valence-electron chi connectivity index (χ0n) is 25.1. The molecule has 10 heteroatoms. The van der Waals surface area contributed by atoms with Crippen molar-refractivity contribution in [2.75, 3.05) is 31.5 Å². The Balaban J connectivity index is 1.43. The molecule has 0 radical (unpaired) electrons. The van der Waals surface area contributed by atoms with Gasteiger partial charge in [-0.25, -0.2) is 0 Å². The summed E-state index contributed by atoms with van der Waals surface area (Å²) in [5.74, 6) is -1.48. The van der Waals surface area contributed by atoms with Crippen LogP contribution in [-0.2, 0) is 19.1 Å². The van der Waals surface area contributed by atoms with Gasteiger partial charge in [-0.2, -0.15) is 0 Å². The van der Waals surface area contributed by atoms with Crippen LogP contribution in [0, 0.1) is 23.7 Å². The van der Waals surface area contributed by atoms with Crippen LogP contribution in [0.15, 0.2) is 30.4 Å². The largest absolute Gasteiger partial charge is 0.359 e. The highest BCUT2D eigenvalue weighted by molar-refractivity contribution is 6.35. The van der Waals surface area contributed by atoms with E-state index in [4.69, 9.17) is 27.9 Å². The zero-order valence-corrected chi connectivity index (χ0v) is 26.6. The Morgan fingerprint density at radius 3 is 2.40 bits per heavy atom. The van der Waals surface area contributed by atoms with Crippen molar-refractivity contribution in [3.05, 3.63) is 40.4 Å². The third kappa shape index (κ3) is 5.84. The van der Waals surface area contributed by atoms with Gasteiger partial charge >= 0.3 is 0 Å². The van der Waals surface area contributed by atoms with Crippen LogP contribution in [0.5, 0.6) is 0 Å². The SMILES string of the molecule is CCCN(CCC)CCN1C(=O)[C@@H]2[C@H](C(=O)Nc3cc(Cl)cc(Cl)c3)[C@@H]3C=C[C@@]2(O3)[C@@H]1C(=O)N[C@@H]1CCC[C@H](C)[C@@H]1C. The quantitative estimate of drug-likeness (QED) is 0.335. The maximum atomic E-state index is 14.3. The Bertz CT molecular complexity index is 1200. The lowest BCUT2D eigenvalue weighted by Crippen LogP contribution is -2.58. The lowest BCUT2D eigenvalue weighted by atomic mass is 9.73. The van der Waals surface area contributed by atoms with Gasteiger partial charge in [0.15, 0.2) is 0 Å². The fraction of sp³-hybridized carbons (Fsp3) is 0.656. The lowest BCUT2D eigenvalue weighted by Gasteiger charge is -2.38. The van der Waals surface area contributed by atoms with Gasteiger partial charge in [0.25, 0.3) is 0 Å². The first-order chi connectivity index (χ1) is 20.1. The highest BCUT2D eigenvalue weighted by Gasteiger charge is 2.72. The van der Waals surface area contributed by atoms with Crippen molar-refractivity contribution in [2.24, 2.45) is 23.7 Å². The highest BCUT2D eigenvalue weighted by Crippen LogP contribution is 2.55. The molecule has 1 spiro atoms. The molecule has 1 saturated carbocycles. The molecule has 3 fully saturated rings. The molecule has 0 unspecified atom stereocenters. The molecule has 0 aromatic heterocycles. The van der Waals surface area contributed by atoms with Gasteiger partial charge in [0.05, 0.1) is 17.9 Å². The molecule has 2 N–H and O–H groups in total. The van der Waals surface area contributed by atoms with Crippen molar-refractivity contribution >= 4 is 46.6 Å². The molecular formula is C32H44Cl2N4O4. The van der Waals surface area contributed by atoms with Crippen molar-refractivity contribution in [2.45, 2.75) is 83.6 Å². The molecule has 8 nitrogen and oxygen atoms in total. The van der Waals surface area contributed by atoms with Crippen molar-refractivity contribution in [3.8, 4) is 0 Å². The molecule has 2 saturated heterocycles. The maximum absolute atomic E-state index is 14.3. The van der Waals surface area contributed by atoms with Crippen LogP contribution >= 0.6 is 23.2 Å². The van der Waals surface area contributed by atoms with E-state index in [1.54, 1.807) is 23.1 Å². The summed E-state index contributed by atoms with van der Waals surface area (Å²) in [6, 6.07) is 4.02. The molecule has 4 aliphatic rings. The average molecular weight is 620 g/mol. The van der Waals surface area contributed by atoms with Crippen LogP contribution in [0.2, 0.25) is 10.0 Å². The van der Waals surface area contributed by atoms with E-state index in [0.717, 1.165) is 45.2 Å². The number of hydrogen-bond acceptors (Lipinski definition) is 5. The van der Waals surface area contributed by atoms with Gasteiger partial charge in [0.1, 0.15) is 11.6 Å². The van der Waals surface area contributed by atoms with Gasteiger partial charge < -0.3 is 25.2 Å². The lowest BCUT2D eigenvalue weighted by molar-refractivity contribution is -0.141. The predicted molar refractivity (Wildman–Crippen MR) is 165 cm³/mol. The van der Waals surface area contributed by atoms with E-state index in [1.807, 2.05) is 12.2 Å². The van der Waals surface area contributed by atoms with Crippen LogP contribution in [-0.4, -0.2) is 77.5 Å². The summed E-state index contributed by atoms with van der Waals surface area (Å²) in [5, 5.41) is 7.02. The number of fused-ring (bicyclic) bond motifs is 1. The predicted octanol–water partition coefficient (Wildman–Crippen LogP) is 5.15. The van der Waals surface area contributed by atoms with Crippen molar-refractivity contribution in [1.29, 1.82) is 0 Å². The standard InChI is InChI=1S/C32H44Cl2N4O4/c1-5-12-37(13-6-2)14-15-38-28(30(40)36-24-9-7-8-19(3)20(24)4)32-11-10-25(42-32)26(27(32)31(38)41)29(39)35-23-17-21(33)16-22(34)18-23/h10-11,16-20,24-28H,5-9,12-15H2,1-4H3,(H,35,39)(H,36,40)/t19-,20-,24+,25-,26+,27-,28-,32-/m0/s1. The Morgan fingerprint density at radius 2 is 1.74 bits per heavy atom. The minimum atomic E-state index is -1.19. The van der Waals surface area contributed by atoms with E-state index in [-0.39, 0.29) is 23.8 Å². The number of carbonyl (C=O) groups is 3. The number of likely N-dealkylation sites (tertiary alicyclic amines) is 1. The van der Waals surface area contributed by atoms with Gasteiger partial charge in [-0.05, 0) is 62.4 Å². The number of amides is 3. The first-order valence-electron chi connectivity index (χ1n) is 15.6. The highest BCUT2D eigenvalue weighted by atomic mass is 35.5. The molecule has 3 aliphatic heterocycles. The third-order valence-electron chi connectivity index (χ3n) is 9.83. The second-order valence-corrected chi connectivity index (χ2v) is 13.5. The second-order valence-electron chi connectivity index (χ2n) is 12.6. The summed E-state index contributed by atoms with van der Waals surface area (Å²) < 4.78 is 6.52. The second kappa shape index (κ2) is 12.8. The van der Waals surface area contributed by atoms with Crippen molar-refractivity contribution < 1.29 is 19.1 Å². The number of nitrogens with one attached hydrogen (secondary N) is 2. The fourth-order valence-corrected chi connectivity index (χ4v) is 8.15. The molecule has 2 bridgehead atoms. The number of ether oxygens (including phenoxy) is 1. The Morgan fingerprint density at radius 1 is 1.05 bits per heavy atom. The molecule has 3 heterocycles. The minimum Gasteiger partial charge on any atom is -0.359 e. The van der Waals surface area contributed by atoms with E-state index in [9.17, 15) is 14.4 Å². The fourth-order valence-electron chi connectivity index (χ4n) is 7.62. The van der Waals surface area contributed by atoms with E-state index >= 15 is 0 Å². The molecule has 8 atom stereocenters. The van der Waals surface area contributed by atoms with E-state index in [0.29, 0.717) is 40.7 Å². The smallest absolute Gasteiger partial charge is 0.246 e. The van der Waals surface area contributed by atoms with Crippen LogP contribution in [0.3, 0.4) is 0 Å². The molecule has 42 heavy (non-hydrogen) atoms.